The Morgan fingerprint density at radius 3 is 2.50 bits per heavy atom. The molecule has 2 aromatic rings. The molecule has 1 heterocycles. The van der Waals surface area contributed by atoms with Gasteiger partial charge >= 0.3 is 0 Å². The van der Waals surface area contributed by atoms with Crippen LogP contribution in [0.3, 0.4) is 0 Å². The number of aryl methyl sites for hydroxylation is 1. The molecule has 0 fully saturated rings. The van der Waals surface area contributed by atoms with Gasteiger partial charge in [0.15, 0.2) is 0 Å². The number of nitrogens with zero attached hydrogens (tertiary/aromatic N) is 2. The summed E-state index contributed by atoms with van der Waals surface area (Å²) in [5.41, 5.74) is 8.41. The van der Waals surface area contributed by atoms with Crippen LogP contribution in [0.5, 0.6) is 5.75 Å². The van der Waals surface area contributed by atoms with Crippen LogP contribution in [0.1, 0.15) is 54.0 Å². The number of benzene rings is 1. The number of amides is 1. The van der Waals surface area contributed by atoms with Crippen molar-refractivity contribution < 1.29 is 9.53 Å². The molecular weight excluding hydrogens is 304 g/mol. The molecule has 0 aliphatic heterocycles. The van der Waals surface area contributed by atoms with Gasteiger partial charge in [-0.15, -0.1) is 0 Å². The van der Waals surface area contributed by atoms with Crippen LogP contribution in [0.15, 0.2) is 24.3 Å². The molecule has 0 aliphatic rings. The Kier molecular flexibility index (Phi) is 5.73. The number of carbonyl (C=O) groups excluding carboxylic acids is 1. The summed E-state index contributed by atoms with van der Waals surface area (Å²) in [6, 6.07) is 7.89. The van der Waals surface area contributed by atoms with Gasteiger partial charge in [-0.2, -0.15) is 0 Å². The third-order valence-corrected chi connectivity index (χ3v) is 3.67. The van der Waals surface area contributed by atoms with Crippen molar-refractivity contribution in [2.24, 2.45) is 0 Å². The average Bonchev–Trinajstić information content (AvgIpc) is 2.52. The maximum atomic E-state index is 12.2. The second kappa shape index (κ2) is 7.77. The highest BCUT2D eigenvalue weighted by atomic mass is 16.5. The standard InChI is InChI=1S/C18H24N4O2/c1-5-20-17(23)16-12(4)21-18(19)22-15(16)10-24-14-8-6-13(7-9-14)11(2)3/h6-9,11H,5,10H2,1-4H3,(H,20,23)(H2,19,21,22). The second-order valence-corrected chi connectivity index (χ2v) is 5.86. The second-order valence-electron chi connectivity index (χ2n) is 5.86. The van der Waals surface area contributed by atoms with Crippen LogP contribution in [-0.4, -0.2) is 22.4 Å². The van der Waals surface area contributed by atoms with Gasteiger partial charge in [-0.1, -0.05) is 26.0 Å². The van der Waals surface area contributed by atoms with E-state index in [2.05, 4.69) is 29.1 Å². The lowest BCUT2D eigenvalue weighted by molar-refractivity contribution is 0.0951. The Hall–Kier alpha value is -2.63. The quantitative estimate of drug-likeness (QED) is 0.851. The van der Waals surface area contributed by atoms with E-state index in [1.165, 1.54) is 5.56 Å². The molecule has 1 aromatic heterocycles. The van der Waals surface area contributed by atoms with Crippen molar-refractivity contribution in [3.8, 4) is 5.75 Å². The summed E-state index contributed by atoms with van der Waals surface area (Å²) < 4.78 is 5.78. The van der Waals surface area contributed by atoms with Gasteiger partial charge in [-0.05, 0) is 37.5 Å². The highest BCUT2D eigenvalue weighted by Gasteiger charge is 2.18. The molecule has 0 bridgehead atoms. The summed E-state index contributed by atoms with van der Waals surface area (Å²) in [6.45, 7) is 8.56. The number of ether oxygens (including phenoxy) is 1. The molecule has 0 aliphatic carbocycles. The molecule has 0 saturated carbocycles. The molecule has 0 atom stereocenters. The molecule has 1 amide bonds. The molecule has 1 aromatic carbocycles. The summed E-state index contributed by atoms with van der Waals surface area (Å²) in [5, 5.41) is 2.77. The van der Waals surface area contributed by atoms with E-state index in [1.54, 1.807) is 6.92 Å². The molecule has 3 N–H and O–H groups in total. The number of hydrogen-bond donors (Lipinski definition) is 2. The molecule has 0 unspecified atom stereocenters. The van der Waals surface area contributed by atoms with Gasteiger partial charge in [-0.3, -0.25) is 4.79 Å². The number of carbonyl (C=O) groups is 1. The maximum Gasteiger partial charge on any atom is 0.255 e. The van der Waals surface area contributed by atoms with Gasteiger partial charge in [0.05, 0.1) is 17.0 Å². The lowest BCUT2D eigenvalue weighted by atomic mass is 10.0. The third-order valence-electron chi connectivity index (χ3n) is 3.67. The van der Waals surface area contributed by atoms with Crippen LogP contribution >= 0.6 is 0 Å². The lowest BCUT2D eigenvalue weighted by Crippen LogP contribution is -2.26. The molecule has 2 rings (SSSR count). The number of nitrogens with one attached hydrogen (secondary N) is 1. The molecule has 0 radical (unpaired) electrons. The minimum Gasteiger partial charge on any atom is -0.487 e. The zero-order chi connectivity index (χ0) is 17.7. The number of nitrogen functional groups attached to an aromatic ring is 1. The van der Waals surface area contributed by atoms with Gasteiger partial charge in [0, 0.05) is 6.54 Å². The van der Waals surface area contributed by atoms with E-state index in [9.17, 15) is 4.79 Å². The van der Waals surface area contributed by atoms with Crippen LogP contribution in [0.25, 0.3) is 0 Å². The SMILES string of the molecule is CCNC(=O)c1c(C)nc(N)nc1COc1ccc(C(C)C)cc1. The number of nitrogens with two attached hydrogens (primary N) is 1. The first-order valence-corrected chi connectivity index (χ1v) is 8.06. The summed E-state index contributed by atoms with van der Waals surface area (Å²) in [5.74, 6) is 1.10. The van der Waals surface area contributed by atoms with Gasteiger partial charge in [0.2, 0.25) is 5.95 Å². The fourth-order valence-corrected chi connectivity index (χ4v) is 2.41. The van der Waals surface area contributed by atoms with E-state index in [0.717, 1.165) is 5.75 Å². The molecule has 6 heteroatoms. The zero-order valence-electron chi connectivity index (χ0n) is 14.6. The van der Waals surface area contributed by atoms with E-state index >= 15 is 0 Å². The van der Waals surface area contributed by atoms with Crippen molar-refractivity contribution >= 4 is 11.9 Å². The molecule has 6 nitrogen and oxygen atoms in total. The Morgan fingerprint density at radius 2 is 1.92 bits per heavy atom. The fraction of sp³-hybridized carbons (Fsp3) is 0.389. The van der Waals surface area contributed by atoms with E-state index in [0.29, 0.717) is 29.4 Å². The largest absolute Gasteiger partial charge is 0.487 e. The van der Waals surface area contributed by atoms with Crippen LogP contribution in [0.2, 0.25) is 0 Å². The van der Waals surface area contributed by atoms with Crippen LogP contribution in [0.4, 0.5) is 5.95 Å². The minimum atomic E-state index is -0.219. The average molecular weight is 328 g/mol. The zero-order valence-corrected chi connectivity index (χ0v) is 14.6. The van der Waals surface area contributed by atoms with Crippen molar-refractivity contribution in [1.82, 2.24) is 15.3 Å². The smallest absolute Gasteiger partial charge is 0.255 e. The predicted octanol–water partition coefficient (Wildman–Crippen LogP) is 2.82. The van der Waals surface area contributed by atoms with Crippen molar-refractivity contribution in [3.05, 3.63) is 46.8 Å². The number of rotatable bonds is 6. The summed E-state index contributed by atoms with van der Waals surface area (Å²) in [4.78, 5) is 20.5. The van der Waals surface area contributed by atoms with E-state index < -0.39 is 0 Å². The maximum absolute atomic E-state index is 12.2. The topological polar surface area (TPSA) is 90.1 Å². The van der Waals surface area contributed by atoms with Gasteiger partial charge in [0.25, 0.3) is 5.91 Å². The third kappa shape index (κ3) is 4.22. The van der Waals surface area contributed by atoms with Crippen molar-refractivity contribution in [1.29, 1.82) is 0 Å². The summed E-state index contributed by atoms with van der Waals surface area (Å²) in [7, 11) is 0. The Bertz CT molecular complexity index is 712. The van der Waals surface area contributed by atoms with Crippen molar-refractivity contribution in [2.75, 3.05) is 12.3 Å². The van der Waals surface area contributed by atoms with Crippen LogP contribution in [-0.2, 0) is 6.61 Å². The number of hydrogen-bond acceptors (Lipinski definition) is 5. The first-order chi connectivity index (χ1) is 11.4. The van der Waals surface area contributed by atoms with E-state index in [4.69, 9.17) is 10.5 Å². The van der Waals surface area contributed by atoms with E-state index in [1.807, 2.05) is 31.2 Å². The molecule has 0 saturated heterocycles. The monoisotopic (exact) mass is 328 g/mol. The Morgan fingerprint density at radius 1 is 1.25 bits per heavy atom. The lowest BCUT2D eigenvalue weighted by Gasteiger charge is -2.13. The Balaban J connectivity index is 2.20. The first-order valence-electron chi connectivity index (χ1n) is 8.06. The number of anilines is 1. The summed E-state index contributed by atoms with van der Waals surface area (Å²) in [6.07, 6.45) is 0. The summed E-state index contributed by atoms with van der Waals surface area (Å²) >= 11 is 0. The molecule has 128 valence electrons. The molecule has 0 spiro atoms. The molecular formula is C18H24N4O2. The van der Waals surface area contributed by atoms with E-state index in [-0.39, 0.29) is 18.5 Å². The fourth-order valence-electron chi connectivity index (χ4n) is 2.41. The minimum absolute atomic E-state index is 0.134. The van der Waals surface area contributed by atoms with Gasteiger partial charge < -0.3 is 15.8 Å². The predicted molar refractivity (Wildman–Crippen MR) is 94.1 cm³/mol. The highest BCUT2D eigenvalue weighted by Crippen LogP contribution is 2.20. The molecule has 24 heavy (non-hydrogen) atoms. The van der Waals surface area contributed by atoms with Crippen LogP contribution in [0, 0.1) is 6.92 Å². The number of aromatic nitrogens is 2. The normalized spacial score (nSPS) is 10.7. The van der Waals surface area contributed by atoms with Crippen molar-refractivity contribution in [2.45, 2.75) is 40.2 Å². The van der Waals surface area contributed by atoms with Gasteiger partial charge in [-0.25, -0.2) is 9.97 Å². The Labute approximate surface area is 142 Å². The highest BCUT2D eigenvalue weighted by molar-refractivity contribution is 5.96. The van der Waals surface area contributed by atoms with Gasteiger partial charge in [0.1, 0.15) is 12.4 Å². The van der Waals surface area contributed by atoms with Crippen LogP contribution < -0.4 is 15.8 Å². The van der Waals surface area contributed by atoms with Crippen molar-refractivity contribution in [3.63, 3.8) is 0 Å². The first kappa shape index (κ1) is 17.7.